The fourth-order valence-electron chi connectivity index (χ4n) is 3.10. The molecule has 1 aliphatic rings. The number of carbonyl (C=O) groups excluding carboxylic acids is 1. The molecular weight excluding hydrogens is 327 g/mol. The predicted molar refractivity (Wildman–Crippen MR) is 86.8 cm³/mol. The SMILES string of the molecule is O=C(NCC1(C(=O)O)CCCCC1)c1cnn(-c2ccc(F)cc2)n1. The van der Waals surface area contributed by atoms with Gasteiger partial charge in [0, 0.05) is 6.54 Å². The largest absolute Gasteiger partial charge is 0.481 e. The van der Waals surface area contributed by atoms with Gasteiger partial charge in [-0.15, -0.1) is 5.10 Å². The van der Waals surface area contributed by atoms with Crippen LogP contribution < -0.4 is 5.32 Å². The molecule has 0 saturated heterocycles. The number of carboxylic acids is 1. The number of rotatable bonds is 5. The van der Waals surface area contributed by atoms with E-state index >= 15 is 0 Å². The summed E-state index contributed by atoms with van der Waals surface area (Å²) < 4.78 is 13.0. The van der Waals surface area contributed by atoms with Gasteiger partial charge in [-0.1, -0.05) is 19.3 Å². The summed E-state index contributed by atoms with van der Waals surface area (Å²) in [5.41, 5.74) is -0.295. The highest BCUT2D eigenvalue weighted by Gasteiger charge is 2.39. The number of nitrogens with zero attached hydrogens (tertiary/aromatic N) is 3. The Bertz CT molecular complexity index is 766. The molecule has 1 fully saturated rings. The number of nitrogens with one attached hydrogen (secondary N) is 1. The molecule has 0 spiro atoms. The molecule has 1 aromatic heterocycles. The van der Waals surface area contributed by atoms with Crippen LogP contribution in [-0.4, -0.2) is 38.5 Å². The van der Waals surface area contributed by atoms with E-state index in [1.165, 1.54) is 35.3 Å². The van der Waals surface area contributed by atoms with Crippen molar-refractivity contribution < 1.29 is 19.1 Å². The lowest BCUT2D eigenvalue weighted by Crippen LogP contribution is -2.44. The van der Waals surface area contributed by atoms with E-state index < -0.39 is 17.3 Å². The zero-order valence-corrected chi connectivity index (χ0v) is 13.6. The molecule has 2 aromatic rings. The summed E-state index contributed by atoms with van der Waals surface area (Å²) in [4.78, 5) is 25.1. The molecule has 2 N–H and O–H groups in total. The van der Waals surface area contributed by atoms with Gasteiger partial charge >= 0.3 is 5.97 Å². The molecule has 1 amide bonds. The van der Waals surface area contributed by atoms with E-state index in [-0.39, 0.29) is 18.1 Å². The zero-order valence-electron chi connectivity index (χ0n) is 13.6. The molecule has 0 unspecified atom stereocenters. The first-order valence-electron chi connectivity index (χ1n) is 8.20. The Hall–Kier alpha value is -2.77. The maximum atomic E-state index is 13.0. The Kier molecular flexibility index (Phi) is 4.78. The Morgan fingerprint density at radius 1 is 1.20 bits per heavy atom. The number of hydrogen-bond donors (Lipinski definition) is 2. The lowest BCUT2D eigenvalue weighted by Gasteiger charge is -2.33. The van der Waals surface area contributed by atoms with Gasteiger partial charge in [-0.25, -0.2) is 4.39 Å². The third-order valence-corrected chi connectivity index (χ3v) is 4.63. The number of hydrogen-bond acceptors (Lipinski definition) is 4. The lowest BCUT2D eigenvalue weighted by atomic mass is 9.74. The molecule has 3 rings (SSSR count). The minimum absolute atomic E-state index is 0.0740. The number of carboxylic acid groups (broad SMARTS) is 1. The van der Waals surface area contributed by atoms with E-state index in [4.69, 9.17) is 0 Å². The smallest absolute Gasteiger partial charge is 0.311 e. The van der Waals surface area contributed by atoms with Crippen LogP contribution in [0.5, 0.6) is 0 Å². The third-order valence-electron chi connectivity index (χ3n) is 4.63. The number of aromatic nitrogens is 3. The molecule has 8 heteroatoms. The standard InChI is InChI=1S/C17H19FN4O3/c18-12-4-6-13(7-5-12)22-20-10-14(21-22)15(23)19-11-17(16(24)25)8-2-1-3-9-17/h4-7,10H,1-3,8-9,11H2,(H,19,23)(H,24,25). The number of amides is 1. The van der Waals surface area contributed by atoms with Crippen molar-refractivity contribution in [3.05, 3.63) is 42.0 Å². The lowest BCUT2D eigenvalue weighted by molar-refractivity contribution is -0.150. The second kappa shape index (κ2) is 7.00. The predicted octanol–water partition coefficient (Wildman–Crippen LogP) is 2.17. The molecular formula is C17H19FN4O3. The number of aliphatic carboxylic acids is 1. The molecule has 132 valence electrons. The van der Waals surface area contributed by atoms with Crippen molar-refractivity contribution in [2.75, 3.05) is 6.54 Å². The highest BCUT2D eigenvalue weighted by atomic mass is 19.1. The van der Waals surface area contributed by atoms with Gasteiger partial charge in [0.05, 0.1) is 17.3 Å². The Balaban J connectivity index is 1.67. The van der Waals surface area contributed by atoms with E-state index in [0.29, 0.717) is 18.5 Å². The van der Waals surface area contributed by atoms with Crippen molar-refractivity contribution in [3.63, 3.8) is 0 Å². The zero-order chi connectivity index (χ0) is 17.9. The molecule has 0 radical (unpaired) electrons. The molecule has 1 aliphatic carbocycles. The number of halogens is 1. The normalized spacial score (nSPS) is 16.4. The Morgan fingerprint density at radius 2 is 1.88 bits per heavy atom. The van der Waals surface area contributed by atoms with Gasteiger partial charge in [-0.3, -0.25) is 9.59 Å². The third kappa shape index (κ3) is 3.67. The first kappa shape index (κ1) is 17.1. The van der Waals surface area contributed by atoms with Gasteiger partial charge < -0.3 is 10.4 Å². The van der Waals surface area contributed by atoms with Gasteiger partial charge in [0.15, 0.2) is 5.69 Å². The Labute approximate surface area is 143 Å². The second-order valence-electron chi connectivity index (χ2n) is 6.32. The van der Waals surface area contributed by atoms with Crippen molar-refractivity contribution >= 4 is 11.9 Å². The second-order valence-corrected chi connectivity index (χ2v) is 6.32. The van der Waals surface area contributed by atoms with Crippen LogP contribution in [0, 0.1) is 11.2 Å². The summed E-state index contributed by atoms with van der Waals surface area (Å²) in [6, 6.07) is 5.55. The first-order chi connectivity index (χ1) is 12.0. The summed E-state index contributed by atoms with van der Waals surface area (Å²) in [6.07, 6.45) is 5.14. The first-order valence-corrected chi connectivity index (χ1v) is 8.20. The number of benzene rings is 1. The van der Waals surface area contributed by atoms with Crippen LogP contribution in [0.25, 0.3) is 5.69 Å². The van der Waals surface area contributed by atoms with Crippen LogP contribution in [0.1, 0.15) is 42.6 Å². The van der Waals surface area contributed by atoms with Crippen molar-refractivity contribution in [2.24, 2.45) is 5.41 Å². The van der Waals surface area contributed by atoms with Crippen LogP contribution >= 0.6 is 0 Å². The maximum absolute atomic E-state index is 13.0. The van der Waals surface area contributed by atoms with Crippen LogP contribution in [0.4, 0.5) is 4.39 Å². The minimum atomic E-state index is -0.902. The van der Waals surface area contributed by atoms with Gasteiger partial charge in [-0.05, 0) is 37.1 Å². The molecule has 0 aliphatic heterocycles. The summed E-state index contributed by atoms with van der Waals surface area (Å²) in [7, 11) is 0. The maximum Gasteiger partial charge on any atom is 0.311 e. The van der Waals surface area contributed by atoms with E-state index in [1.54, 1.807) is 0 Å². The summed E-state index contributed by atoms with van der Waals surface area (Å²) in [5, 5.41) is 20.3. The summed E-state index contributed by atoms with van der Waals surface area (Å²) in [5.74, 6) is -1.72. The molecule has 1 aromatic carbocycles. The fraction of sp³-hybridized carbons (Fsp3) is 0.412. The Morgan fingerprint density at radius 3 is 2.52 bits per heavy atom. The van der Waals surface area contributed by atoms with Crippen LogP contribution in [0.2, 0.25) is 0 Å². The van der Waals surface area contributed by atoms with Crippen molar-refractivity contribution in [1.29, 1.82) is 0 Å². The molecule has 0 bridgehead atoms. The molecule has 7 nitrogen and oxygen atoms in total. The highest BCUT2D eigenvalue weighted by molar-refractivity contribution is 5.92. The average Bonchev–Trinajstić information content (AvgIpc) is 3.11. The highest BCUT2D eigenvalue weighted by Crippen LogP contribution is 2.36. The van der Waals surface area contributed by atoms with E-state index in [0.717, 1.165) is 19.3 Å². The van der Waals surface area contributed by atoms with Gasteiger partial charge in [0.2, 0.25) is 0 Å². The van der Waals surface area contributed by atoms with Crippen LogP contribution in [0.15, 0.2) is 30.5 Å². The van der Waals surface area contributed by atoms with Crippen molar-refractivity contribution in [2.45, 2.75) is 32.1 Å². The van der Waals surface area contributed by atoms with E-state index in [9.17, 15) is 19.1 Å². The topological polar surface area (TPSA) is 97.1 Å². The molecule has 0 atom stereocenters. The van der Waals surface area contributed by atoms with E-state index in [1.807, 2.05) is 0 Å². The number of carbonyl (C=O) groups is 2. The average molecular weight is 346 g/mol. The molecule has 1 heterocycles. The van der Waals surface area contributed by atoms with Crippen molar-refractivity contribution in [1.82, 2.24) is 20.3 Å². The monoisotopic (exact) mass is 346 g/mol. The van der Waals surface area contributed by atoms with Gasteiger partial charge in [0.1, 0.15) is 5.82 Å². The quantitative estimate of drug-likeness (QED) is 0.865. The molecule has 1 saturated carbocycles. The fourth-order valence-corrected chi connectivity index (χ4v) is 3.10. The van der Waals surface area contributed by atoms with E-state index in [2.05, 4.69) is 15.5 Å². The van der Waals surface area contributed by atoms with Crippen molar-refractivity contribution in [3.8, 4) is 5.69 Å². The van der Waals surface area contributed by atoms with Crippen LogP contribution in [-0.2, 0) is 4.79 Å². The van der Waals surface area contributed by atoms with Crippen LogP contribution in [0.3, 0.4) is 0 Å². The molecule has 25 heavy (non-hydrogen) atoms. The van der Waals surface area contributed by atoms with Gasteiger partial charge in [0.25, 0.3) is 5.91 Å². The van der Waals surface area contributed by atoms with Gasteiger partial charge in [-0.2, -0.15) is 9.90 Å². The summed E-state index contributed by atoms with van der Waals surface area (Å²) in [6.45, 7) is 0.0740. The minimum Gasteiger partial charge on any atom is -0.481 e. The summed E-state index contributed by atoms with van der Waals surface area (Å²) >= 11 is 0.